The molecule has 0 radical (unpaired) electrons. The summed E-state index contributed by atoms with van der Waals surface area (Å²) in [5, 5.41) is 7.62. The zero-order chi connectivity index (χ0) is 14.7. The van der Waals surface area contributed by atoms with E-state index in [2.05, 4.69) is 34.2 Å². The minimum absolute atomic E-state index is 0.563. The van der Waals surface area contributed by atoms with Crippen LogP contribution in [0.4, 0.5) is 0 Å². The Morgan fingerprint density at radius 2 is 2.00 bits per heavy atom. The standard InChI is InChI=1S/C16H28N4O/c1-12(2)9-16-18-15(19-21-16)11-20(14-3-4-14)10-13-5-7-17-8-6-13/h12-14,17H,3-11H2,1-2H3. The molecule has 1 saturated carbocycles. The monoisotopic (exact) mass is 292 g/mol. The molecule has 0 bridgehead atoms. The average Bonchev–Trinajstić information content (AvgIpc) is 3.22. The fraction of sp³-hybridized carbons (Fsp3) is 0.875. The topological polar surface area (TPSA) is 54.2 Å². The maximum Gasteiger partial charge on any atom is 0.226 e. The second kappa shape index (κ2) is 6.88. The van der Waals surface area contributed by atoms with E-state index in [4.69, 9.17) is 4.52 Å². The van der Waals surface area contributed by atoms with E-state index in [1.54, 1.807) is 0 Å². The molecule has 2 aliphatic rings. The molecule has 5 nitrogen and oxygen atoms in total. The number of nitrogens with zero attached hydrogens (tertiary/aromatic N) is 3. The van der Waals surface area contributed by atoms with Gasteiger partial charge in [0.2, 0.25) is 5.89 Å². The Morgan fingerprint density at radius 3 is 2.67 bits per heavy atom. The van der Waals surface area contributed by atoms with Gasteiger partial charge in [0.25, 0.3) is 0 Å². The van der Waals surface area contributed by atoms with Gasteiger partial charge in [-0.25, -0.2) is 0 Å². The number of piperidine rings is 1. The summed E-state index contributed by atoms with van der Waals surface area (Å²) in [7, 11) is 0. The molecule has 1 aliphatic carbocycles. The van der Waals surface area contributed by atoms with Gasteiger partial charge < -0.3 is 9.84 Å². The number of hydrogen-bond acceptors (Lipinski definition) is 5. The Morgan fingerprint density at radius 1 is 1.24 bits per heavy atom. The molecule has 1 aliphatic heterocycles. The molecule has 2 fully saturated rings. The largest absolute Gasteiger partial charge is 0.339 e. The van der Waals surface area contributed by atoms with Crippen molar-refractivity contribution in [2.24, 2.45) is 11.8 Å². The lowest BCUT2D eigenvalue weighted by atomic mass is 9.97. The summed E-state index contributed by atoms with van der Waals surface area (Å²) < 4.78 is 5.37. The van der Waals surface area contributed by atoms with Crippen LogP contribution in [0.1, 0.15) is 51.2 Å². The Labute approximate surface area is 127 Å². The Kier molecular flexibility index (Phi) is 4.91. The molecule has 21 heavy (non-hydrogen) atoms. The SMILES string of the molecule is CC(C)Cc1nc(CN(CC2CCNCC2)C2CC2)no1. The highest BCUT2D eigenvalue weighted by Crippen LogP contribution is 2.30. The van der Waals surface area contributed by atoms with Crippen LogP contribution < -0.4 is 5.32 Å². The van der Waals surface area contributed by atoms with Crippen LogP contribution in [0.15, 0.2) is 4.52 Å². The van der Waals surface area contributed by atoms with E-state index in [0.717, 1.165) is 36.6 Å². The van der Waals surface area contributed by atoms with Crippen LogP contribution in [0, 0.1) is 11.8 Å². The van der Waals surface area contributed by atoms with E-state index in [1.807, 2.05) is 0 Å². The third kappa shape index (κ3) is 4.51. The lowest BCUT2D eigenvalue weighted by Crippen LogP contribution is -2.37. The van der Waals surface area contributed by atoms with Crippen molar-refractivity contribution in [1.29, 1.82) is 0 Å². The van der Waals surface area contributed by atoms with Crippen LogP contribution >= 0.6 is 0 Å². The molecule has 0 spiro atoms. The minimum atomic E-state index is 0.563. The van der Waals surface area contributed by atoms with Gasteiger partial charge in [-0.15, -0.1) is 0 Å². The van der Waals surface area contributed by atoms with Crippen molar-refractivity contribution in [3.8, 4) is 0 Å². The number of rotatable bonds is 7. The first-order valence-corrected chi connectivity index (χ1v) is 8.47. The first-order chi connectivity index (χ1) is 10.2. The number of nitrogens with one attached hydrogen (secondary N) is 1. The second-order valence-electron chi connectivity index (χ2n) is 7.06. The van der Waals surface area contributed by atoms with Crippen LogP contribution in [-0.4, -0.2) is 40.7 Å². The third-order valence-electron chi connectivity index (χ3n) is 4.45. The van der Waals surface area contributed by atoms with Gasteiger partial charge in [-0.2, -0.15) is 4.98 Å². The molecule has 0 atom stereocenters. The van der Waals surface area contributed by atoms with E-state index in [0.29, 0.717) is 5.92 Å². The fourth-order valence-corrected chi connectivity index (χ4v) is 3.15. The summed E-state index contributed by atoms with van der Waals surface area (Å²) in [6, 6.07) is 0.756. The lowest BCUT2D eigenvalue weighted by Gasteiger charge is -2.29. The lowest BCUT2D eigenvalue weighted by molar-refractivity contribution is 0.184. The number of hydrogen-bond donors (Lipinski definition) is 1. The molecular weight excluding hydrogens is 264 g/mol. The summed E-state index contributed by atoms with van der Waals surface area (Å²) in [5.74, 6) is 3.05. The van der Waals surface area contributed by atoms with Crippen LogP contribution in [0.25, 0.3) is 0 Å². The van der Waals surface area contributed by atoms with Gasteiger partial charge in [-0.05, 0) is 50.6 Å². The van der Waals surface area contributed by atoms with Crippen LogP contribution in [-0.2, 0) is 13.0 Å². The third-order valence-corrected chi connectivity index (χ3v) is 4.45. The van der Waals surface area contributed by atoms with Crippen LogP contribution in [0.5, 0.6) is 0 Å². The second-order valence-corrected chi connectivity index (χ2v) is 7.06. The molecule has 118 valence electrons. The Hall–Kier alpha value is -0.940. The van der Waals surface area contributed by atoms with Crippen molar-refractivity contribution < 1.29 is 4.52 Å². The van der Waals surface area contributed by atoms with Crippen molar-refractivity contribution in [3.05, 3.63) is 11.7 Å². The first-order valence-electron chi connectivity index (χ1n) is 8.47. The molecule has 2 heterocycles. The zero-order valence-electron chi connectivity index (χ0n) is 13.3. The molecule has 5 heteroatoms. The Balaban J connectivity index is 1.55. The first kappa shape index (κ1) is 15.0. The fourth-order valence-electron chi connectivity index (χ4n) is 3.15. The van der Waals surface area contributed by atoms with Gasteiger partial charge in [0.1, 0.15) is 0 Å². The van der Waals surface area contributed by atoms with Gasteiger partial charge in [0.05, 0.1) is 6.54 Å². The van der Waals surface area contributed by atoms with Crippen molar-refractivity contribution in [3.63, 3.8) is 0 Å². The normalized spacial score (nSPS) is 20.6. The summed E-state index contributed by atoms with van der Waals surface area (Å²) in [4.78, 5) is 7.15. The summed E-state index contributed by atoms with van der Waals surface area (Å²) in [6.07, 6.45) is 6.15. The van der Waals surface area contributed by atoms with Gasteiger partial charge in [-0.1, -0.05) is 19.0 Å². The predicted octanol–water partition coefficient (Wildman–Crippen LogP) is 2.23. The van der Waals surface area contributed by atoms with Gasteiger partial charge >= 0.3 is 0 Å². The van der Waals surface area contributed by atoms with E-state index in [9.17, 15) is 0 Å². The highest BCUT2D eigenvalue weighted by Gasteiger charge is 2.31. The molecule has 1 N–H and O–H groups in total. The maximum atomic E-state index is 5.37. The van der Waals surface area contributed by atoms with Crippen LogP contribution in [0.2, 0.25) is 0 Å². The predicted molar refractivity (Wildman–Crippen MR) is 81.9 cm³/mol. The van der Waals surface area contributed by atoms with Crippen molar-refractivity contribution >= 4 is 0 Å². The zero-order valence-corrected chi connectivity index (χ0v) is 13.3. The number of aromatic nitrogens is 2. The summed E-state index contributed by atoms with van der Waals surface area (Å²) >= 11 is 0. The molecule has 1 aromatic heterocycles. The molecule has 0 unspecified atom stereocenters. The summed E-state index contributed by atoms with van der Waals surface area (Å²) in [5.41, 5.74) is 0. The molecular formula is C16H28N4O. The van der Waals surface area contributed by atoms with Crippen molar-refractivity contribution in [2.75, 3.05) is 19.6 Å². The highest BCUT2D eigenvalue weighted by molar-refractivity contribution is 4.92. The van der Waals surface area contributed by atoms with Crippen molar-refractivity contribution in [2.45, 2.75) is 58.5 Å². The van der Waals surface area contributed by atoms with E-state index < -0.39 is 0 Å². The quantitative estimate of drug-likeness (QED) is 0.835. The molecule has 1 saturated heterocycles. The molecule has 0 amide bonds. The minimum Gasteiger partial charge on any atom is -0.339 e. The van der Waals surface area contributed by atoms with E-state index >= 15 is 0 Å². The van der Waals surface area contributed by atoms with Crippen LogP contribution in [0.3, 0.4) is 0 Å². The smallest absolute Gasteiger partial charge is 0.226 e. The van der Waals surface area contributed by atoms with E-state index in [-0.39, 0.29) is 0 Å². The van der Waals surface area contributed by atoms with Gasteiger partial charge in [0, 0.05) is 19.0 Å². The van der Waals surface area contributed by atoms with E-state index in [1.165, 1.54) is 45.3 Å². The molecule has 0 aromatic carbocycles. The highest BCUT2D eigenvalue weighted by atomic mass is 16.5. The maximum absolute atomic E-state index is 5.37. The Bertz CT molecular complexity index is 435. The molecule has 1 aromatic rings. The van der Waals surface area contributed by atoms with Gasteiger partial charge in [-0.3, -0.25) is 4.90 Å². The van der Waals surface area contributed by atoms with Crippen molar-refractivity contribution in [1.82, 2.24) is 20.4 Å². The summed E-state index contributed by atoms with van der Waals surface area (Å²) in [6.45, 7) is 8.75. The molecule has 3 rings (SSSR count). The average molecular weight is 292 g/mol. The van der Waals surface area contributed by atoms with Gasteiger partial charge in [0.15, 0.2) is 5.82 Å².